The number of hydrogen-bond donors (Lipinski definition) is 1. The van der Waals surface area contributed by atoms with Crippen LogP contribution in [0.5, 0.6) is 11.5 Å². The summed E-state index contributed by atoms with van der Waals surface area (Å²) in [4.78, 5) is 1.62. The molecule has 1 fully saturated rings. The molecule has 1 aliphatic carbocycles. The van der Waals surface area contributed by atoms with Crippen LogP contribution in [-0.2, 0) is 0 Å². The van der Waals surface area contributed by atoms with E-state index in [-0.39, 0.29) is 0 Å². The molecule has 5 rings (SSSR count). The third-order valence-electron chi connectivity index (χ3n) is 6.40. The van der Waals surface area contributed by atoms with E-state index in [0.717, 1.165) is 43.2 Å². The van der Waals surface area contributed by atoms with E-state index in [1.54, 1.807) is 19.1 Å². The van der Waals surface area contributed by atoms with Crippen molar-refractivity contribution >= 4 is 6.21 Å². The van der Waals surface area contributed by atoms with E-state index < -0.39 is 0 Å². The zero-order valence-electron chi connectivity index (χ0n) is 18.0. The predicted octanol–water partition coefficient (Wildman–Crippen LogP) is 3.01. The van der Waals surface area contributed by atoms with Crippen molar-refractivity contribution in [1.82, 2.24) is 5.01 Å². The van der Waals surface area contributed by atoms with Crippen molar-refractivity contribution in [3.8, 4) is 22.6 Å². The molecule has 0 amide bonds. The molecule has 0 saturated carbocycles. The van der Waals surface area contributed by atoms with Crippen LogP contribution in [0, 0.1) is 0 Å². The number of fused-ring (bicyclic) bond motifs is 3. The fraction of sp³-hybridized carbons (Fsp3) is 0.269. The summed E-state index contributed by atoms with van der Waals surface area (Å²) in [6, 6.07) is 24.0. The van der Waals surface area contributed by atoms with Gasteiger partial charge in [-0.15, -0.1) is 0 Å². The van der Waals surface area contributed by atoms with Gasteiger partial charge in [0.25, 0.3) is 0 Å². The molecule has 5 heteroatoms. The summed E-state index contributed by atoms with van der Waals surface area (Å²) in [6.45, 7) is 4.02. The van der Waals surface area contributed by atoms with Crippen LogP contribution >= 0.6 is 0 Å². The van der Waals surface area contributed by atoms with Crippen molar-refractivity contribution < 1.29 is 14.4 Å². The highest BCUT2D eigenvalue weighted by atomic mass is 16.5. The van der Waals surface area contributed by atoms with Crippen LogP contribution in [0.25, 0.3) is 11.1 Å². The number of piperazine rings is 1. The third-order valence-corrected chi connectivity index (χ3v) is 6.40. The molecule has 3 aromatic rings. The van der Waals surface area contributed by atoms with Crippen molar-refractivity contribution in [2.45, 2.75) is 6.04 Å². The molecule has 0 spiro atoms. The first-order valence-electron chi connectivity index (χ1n) is 10.8. The summed E-state index contributed by atoms with van der Waals surface area (Å²) >= 11 is 0. The minimum atomic E-state index is 0.421. The van der Waals surface area contributed by atoms with Gasteiger partial charge in [0.15, 0.2) is 11.5 Å². The summed E-state index contributed by atoms with van der Waals surface area (Å²) in [5, 5.41) is 6.91. The zero-order chi connectivity index (χ0) is 21.2. The van der Waals surface area contributed by atoms with Crippen LogP contribution < -0.4 is 14.4 Å². The number of benzene rings is 3. The third kappa shape index (κ3) is 3.66. The van der Waals surface area contributed by atoms with Gasteiger partial charge in [-0.3, -0.25) is 5.01 Å². The summed E-state index contributed by atoms with van der Waals surface area (Å²) < 4.78 is 10.7. The van der Waals surface area contributed by atoms with Crippen LogP contribution in [0.2, 0.25) is 0 Å². The Labute approximate surface area is 183 Å². The lowest BCUT2D eigenvalue weighted by molar-refractivity contribution is -0.929. The highest BCUT2D eigenvalue weighted by Crippen LogP contribution is 2.41. The molecule has 1 heterocycles. The number of quaternary nitrogens is 1. The van der Waals surface area contributed by atoms with Gasteiger partial charge in [0.1, 0.15) is 6.04 Å². The first kappa shape index (κ1) is 19.6. The maximum Gasteiger partial charge on any atom is 0.161 e. The average molecular weight is 415 g/mol. The lowest BCUT2D eigenvalue weighted by Crippen LogP contribution is -3.14. The van der Waals surface area contributed by atoms with E-state index >= 15 is 0 Å². The molecular weight excluding hydrogens is 386 g/mol. The van der Waals surface area contributed by atoms with E-state index in [1.165, 1.54) is 22.3 Å². The molecule has 158 valence electrons. The van der Waals surface area contributed by atoms with Crippen molar-refractivity contribution in [3.63, 3.8) is 0 Å². The highest BCUT2D eigenvalue weighted by Gasteiger charge is 2.37. The molecule has 1 saturated heterocycles. The smallest absolute Gasteiger partial charge is 0.161 e. The molecule has 31 heavy (non-hydrogen) atoms. The van der Waals surface area contributed by atoms with Gasteiger partial charge >= 0.3 is 0 Å². The number of hydrogen-bond acceptors (Lipinski definition) is 4. The first-order chi connectivity index (χ1) is 15.3. The lowest BCUT2D eigenvalue weighted by atomic mass is 10.0. The largest absolute Gasteiger partial charge is 0.493 e. The zero-order valence-corrected chi connectivity index (χ0v) is 18.0. The van der Waals surface area contributed by atoms with Gasteiger partial charge in [-0.25, -0.2) is 0 Å². The van der Waals surface area contributed by atoms with E-state index in [4.69, 9.17) is 14.6 Å². The van der Waals surface area contributed by atoms with Crippen LogP contribution in [-0.4, -0.2) is 51.6 Å². The van der Waals surface area contributed by atoms with Crippen molar-refractivity contribution in [2.24, 2.45) is 5.10 Å². The SMILES string of the molecule is COc1ccc(/C=N/N2CC[NH+](C3c4ccccc4-c4ccccc43)CC2)cc1OC. The fourth-order valence-electron chi connectivity index (χ4n) is 4.86. The van der Waals surface area contributed by atoms with Crippen molar-refractivity contribution in [3.05, 3.63) is 83.4 Å². The average Bonchev–Trinajstić information content (AvgIpc) is 3.17. The van der Waals surface area contributed by atoms with E-state index in [2.05, 4.69) is 53.5 Å². The topological polar surface area (TPSA) is 38.5 Å². The Hall–Kier alpha value is -3.31. The van der Waals surface area contributed by atoms with Crippen LogP contribution in [0.1, 0.15) is 22.7 Å². The Bertz CT molecular complexity index is 1060. The Morgan fingerprint density at radius 2 is 1.45 bits per heavy atom. The lowest BCUT2D eigenvalue weighted by Gasteiger charge is -2.34. The van der Waals surface area contributed by atoms with E-state index in [1.807, 2.05) is 24.4 Å². The Balaban J connectivity index is 1.29. The second kappa shape index (κ2) is 8.44. The van der Waals surface area contributed by atoms with Crippen molar-refractivity contribution in [1.29, 1.82) is 0 Å². The first-order valence-corrected chi connectivity index (χ1v) is 10.8. The molecule has 0 atom stereocenters. The van der Waals surface area contributed by atoms with Crippen LogP contribution in [0.15, 0.2) is 71.8 Å². The van der Waals surface area contributed by atoms with E-state index in [0.29, 0.717) is 6.04 Å². The monoisotopic (exact) mass is 414 g/mol. The maximum absolute atomic E-state index is 5.39. The normalized spacial score (nSPS) is 16.4. The minimum absolute atomic E-state index is 0.421. The second-order valence-corrected chi connectivity index (χ2v) is 8.08. The van der Waals surface area contributed by atoms with Gasteiger partial charge in [-0.05, 0) is 34.9 Å². The summed E-state index contributed by atoms with van der Waals surface area (Å²) in [5.41, 5.74) is 6.71. The number of hydrazone groups is 1. The molecule has 5 nitrogen and oxygen atoms in total. The summed E-state index contributed by atoms with van der Waals surface area (Å²) in [5.74, 6) is 1.45. The number of methoxy groups -OCH3 is 2. The fourth-order valence-corrected chi connectivity index (χ4v) is 4.86. The second-order valence-electron chi connectivity index (χ2n) is 8.08. The summed E-state index contributed by atoms with van der Waals surface area (Å²) in [6.07, 6.45) is 1.91. The standard InChI is InChI=1S/C26H27N3O2/c1-30-24-12-11-19(17-25(24)31-2)18-27-29-15-13-28(14-16-29)26-22-9-5-3-7-20(22)21-8-4-6-10-23(21)26/h3-12,17-18,26H,13-16H2,1-2H3/p+1/b27-18+. The molecule has 0 radical (unpaired) electrons. The van der Waals surface area contributed by atoms with Crippen molar-refractivity contribution in [2.75, 3.05) is 40.4 Å². The maximum atomic E-state index is 5.39. The highest BCUT2D eigenvalue weighted by molar-refractivity contribution is 5.80. The number of nitrogens with zero attached hydrogens (tertiary/aromatic N) is 2. The van der Waals surface area contributed by atoms with Gasteiger partial charge in [-0.1, -0.05) is 48.5 Å². The molecule has 1 N–H and O–H groups in total. The van der Waals surface area contributed by atoms with Gasteiger partial charge in [-0.2, -0.15) is 5.10 Å². The van der Waals surface area contributed by atoms with Gasteiger partial charge in [0, 0.05) is 11.1 Å². The molecule has 0 aromatic heterocycles. The number of ether oxygens (including phenoxy) is 2. The summed E-state index contributed by atoms with van der Waals surface area (Å²) in [7, 11) is 3.30. The Kier molecular flexibility index (Phi) is 5.35. The van der Waals surface area contributed by atoms with Gasteiger partial charge in [0.05, 0.1) is 46.6 Å². The predicted molar refractivity (Wildman–Crippen MR) is 123 cm³/mol. The molecule has 1 aliphatic heterocycles. The Morgan fingerprint density at radius 1 is 0.839 bits per heavy atom. The molecule has 3 aromatic carbocycles. The minimum Gasteiger partial charge on any atom is -0.493 e. The van der Waals surface area contributed by atoms with Crippen LogP contribution in [0.3, 0.4) is 0 Å². The number of nitrogens with one attached hydrogen (secondary N) is 1. The molecule has 0 unspecified atom stereocenters. The molecular formula is C26H28N3O2+. The number of rotatable bonds is 5. The van der Waals surface area contributed by atoms with E-state index in [9.17, 15) is 0 Å². The molecule has 0 bridgehead atoms. The van der Waals surface area contributed by atoms with Crippen LogP contribution in [0.4, 0.5) is 0 Å². The van der Waals surface area contributed by atoms with Gasteiger partial charge < -0.3 is 14.4 Å². The Morgan fingerprint density at radius 3 is 2.06 bits per heavy atom. The molecule has 2 aliphatic rings. The van der Waals surface area contributed by atoms with Gasteiger partial charge in [0.2, 0.25) is 0 Å². The quantitative estimate of drug-likeness (QED) is 0.653.